The average Bonchev–Trinajstić information content (AvgIpc) is 3.18. The number of aromatic nitrogens is 2. The van der Waals surface area contributed by atoms with Crippen LogP contribution in [0.15, 0.2) is 54.6 Å². The highest BCUT2D eigenvalue weighted by molar-refractivity contribution is 7.59. The van der Waals surface area contributed by atoms with Crippen LogP contribution in [0.25, 0.3) is 16.9 Å². The lowest BCUT2D eigenvalue weighted by molar-refractivity contribution is -0.138. The van der Waals surface area contributed by atoms with Crippen molar-refractivity contribution < 1.29 is 28.5 Å². The monoisotopic (exact) mass is 488 g/mol. The smallest absolute Gasteiger partial charge is 0.305 e. The summed E-state index contributed by atoms with van der Waals surface area (Å²) in [6.07, 6.45) is -1.58. The molecule has 34 heavy (non-hydrogen) atoms. The van der Waals surface area contributed by atoms with Gasteiger partial charge in [0.2, 0.25) is 7.37 Å². The van der Waals surface area contributed by atoms with Gasteiger partial charge in [-0.05, 0) is 48.7 Å². The van der Waals surface area contributed by atoms with E-state index in [1.807, 2.05) is 48.9 Å². The number of halogens is 1. The van der Waals surface area contributed by atoms with Crippen LogP contribution in [0, 0.1) is 5.82 Å². The summed E-state index contributed by atoms with van der Waals surface area (Å²) in [7, 11) is -2.01. The summed E-state index contributed by atoms with van der Waals surface area (Å²) in [6.45, 7) is 4.03. The first-order chi connectivity index (χ1) is 16.1. The van der Waals surface area contributed by atoms with Crippen LogP contribution in [0.2, 0.25) is 0 Å². The first-order valence-corrected chi connectivity index (χ1v) is 13.1. The molecule has 3 rings (SSSR count). The van der Waals surface area contributed by atoms with Crippen molar-refractivity contribution in [2.45, 2.75) is 38.7 Å². The van der Waals surface area contributed by atoms with Gasteiger partial charge in [-0.1, -0.05) is 32.0 Å². The van der Waals surface area contributed by atoms with E-state index in [0.29, 0.717) is 6.42 Å². The van der Waals surface area contributed by atoms with Gasteiger partial charge in [0.25, 0.3) is 0 Å². The molecule has 2 unspecified atom stereocenters. The predicted molar refractivity (Wildman–Crippen MR) is 129 cm³/mol. The molecule has 0 aliphatic carbocycles. The van der Waals surface area contributed by atoms with Gasteiger partial charge in [-0.15, -0.1) is 0 Å². The van der Waals surface area contributed by atoms with E-state index in [9.17, 15) is 18.9 Å². The number of para-hydroxylation sites is 1. The van der Waals surface area contributed by atoms with E-state index < -0.39 is 25.9 Å². The molecule has 7 nitrogen and oxygen atoms in total. The molecule has 0 spiro atoms. The van der Waals surface area contributed by atoms with Crippen molar-refractivity contribution in [3.05, 3.63) is 71.7 Å². The Bertz CT molecular complexity index is 1160. The van der Waals surface area contributed by atoms with Crippen LogP contribution in [0.4, 0.5) is 4.39 Å². The Morgan fingerprint density at radius 3 is 2.35 bits per heavy atom. The van der Waals surface area contributed by atoms with E-state index >= 15 is 0 Å². The van der Waals surface area contributed by atoms with Crippen LogP contribution in [0.1, 0.15) is 37.4 Å². The number of hydrogen-bond donors (Lipinski definition) is 2. The fourth-order valence-electron chi connectivity index (χ4n) is 3.96. The maximum Gasteiger partial charge on any atom is 0.305 e. The summed E-state index contributed by atoms with van der Waals surface area (Å²) in [6, 6.07) is 15.7. The van der Waals surface area contributed by atoms with Crippen molar-refractivity contribution in [1.29, 1.82) is 0 Å². The number of aliphatic hydroxyl groups excluding tert-OH is 1. The maximum atomic E-state index is 13.7. The fourth-order valence-corrected chi connectivity index (χ4v) is 5.81. The minimum absolute atomic E-state index is 0.0543. The van der Waals surface area contributed by atoms with E-state index in [4.69, 9.17) is 14.7 Å². The number of carboxylic acids is 1. The Morgan fingerprint density at radius 1 is 1.15 bits per heavy atom. The molecule has 0 aliphatic heterocycles. The van der Waals surface area contributed by atoms with Gasteiger partial charge in [0.05, 0.1) is 35.8 Å². The normalized spacial score (nSPS) is 14.2. The third-order valence-electron chi connectivity index (χ3n) is 5.61. The number of aliphatic hydroxyl groups is 1. The second-order valence-corrected chi connectivity index (χ2v) is 11.3. The Kier molecular flexibility index (Phi) is 8.42. The number of rotatable bonds is 11. The lowest BCUT2D eigenvalue weighted by Gasteiger charge is -2.19. The van der Waals surface area contributed by atoms with Crippen LogP contribution < -0.4 is 0 Å². The van der Waals surface area contributed by atoms with E-state index in [1.165, 1.54) is 19.2 Å². The van der Waals surface area contributed by atoms with E-state index in [1.54, 1.807) is 12.1 Å². The summed E-state index contributed by atoms with van der Waals surface area (Å²) in [4.78, 5) is 10.9. The lowest BCUT2D eigenvalue weighted by Crippen LogP contribution is -2.19. The average molecular weight is 488 g/mol. The van der Waals surface area contributed by atoms with Crippen molar-refractivity contribution in [1.82, 2.24) is 9.78 Å². The summed E-state index contributed by atoms with van der Waals surface area (Å²) in [5, 5.41) is 23.8. The SMILES string of the molecule is COP(=O)(CCc1c(C(C)C)nn(-c2ccccc2)c1-c1ccc(F)cc1)CC(O)CC(=O)O. The Balaban J connectivity index is 2.06. The third kappa shape index (κ3) is 6.20. The van der Waals surface area contributed by atoms with Crippen LogP contribution in [-0.2, 0) is 20.3 Å². The molecule has 2 aromatic carbocycles. The van der Waals surface area contributed by atoms with Gasteiger partial charge in [-0.25, -0.2) is 9.07 Å². The Morgan fingerprint density at radius 2 is 1.79 bits per heavy atom. The van der Waals surface area contributed by atoms with Crippen LogP contribution in [0.5, 0.6) is 0 Å². The quantitative estimate of drug-likeness (QED) is 0.364. The van der Waals surface area contributed by atoms with E-state index in [2.05, 4.69) is 0 Å². The van der Waals surface area contributed by atoms with E-state index in [0.717, 1.165) is 28.2 Å². The van der Waals surface area contributed by atoms with Crippen molar-refractivity contribution in [2.75, 3.05) is 19.4 Å². The number of nitrogens with zero attached hydrogens (tertiary/aromatic N) is 2. The van der Waals surface area contributed by atoms with Gasteiger partial charge in [-0.3, -0.25) is 9.36 Å². The molecule has 182 valence electrons. The molecule has 0 amide bonds. The number of carboxylic acid groups (broad SMARTS) is 1. The molecule has 1 heterocycles. The predicted octanol–water partition coefficient (Wildman–Crippen LogP) is 5.10. The van der Waals surface area contributed by atoms with Crippen molar-refractivity contribution in [3.8, 4) is 16.9 Å². The summed E-state index contributed by atoms with van der Waals surface area (Å²) in [5.74, 6) is -1.46. The number of carbonyl (C=O) groups is 1. The minimum Gasteiger partial charge on any atom is -0.481 e. The minimum atomic E-state index is -3.32. The molecule has 3 aromatic rings. The van der Waals surface area contributed by atoms with Crippen LogP contribution >= 0.6 is 7.37 Å². The molecule has 9 heteroatoms. The summed E-state index contributed by atoms with van der Waals surface area (Å²) < 4.78 is 34.1. The van der Waals surface area contributed by atoms with Crippen molar-refractivity contribution >= 4 is 13.3 Å². The highest BCUT2D eigenvalue weighted by Gasteiger charge is 2.30. The molecule has 0 aliphatic rings. The molecule has 0 saturated heterocycles. The Labute approximate surface area is 198 Å². The zero-order valence-electron chi connectivity index (χ0n) is 19.5. The second-order valence-electron chi connectivity index (χ2n) is 8.53. The van der Waals surface area contributed by atoms with Crippen molar-refractivity contribution in [3.63, 3.8) is 0 Å². The van der Waals surface area contributed by atoms with Gasteiger partial charge < -0.3 is 14.7 Å². The van der Waals surface area contributed by atoms with Gasteiger partial charge >= 0.3 is 5.97 Å². The van der Waals surface area contributed by atoms with Gasteiger partial charge in [0, 0.05) is 24.4 Å². The van der Waals surface area contributed by atoms with Crippen LogP contribution in [-0.4, -0.2) is 51.5 Å². The maximum absolute atomic E-state index is 13.7. The molecule has 0 fully saturated rings. The number of hydrogen-bond acceptors (Lipinski definition) is 5. The first-order valence-electron chi connectivity index (χ1n) is 11.1. The standard InChI is InChI=1S/C25H30FN2O5P/c1-17(2)24-22(13-14-34(32,33-3)16-21(29)15-23(30)31)25(18-9-11-19(26)12-10-18)28(27-24)20-7-5-4-6-8-20/h4-12,17,21,29H,13-16H2,1-3H3,(H,30,31). The topological polar surface area (TPSA) is 102 Å². The first kappa shape index (κ1) is 25.8. The highest BCUT2D eigenvalue weighted by atomic mass is 31.2. The third-order valence-corrected chi connectivity index (χ3v) is 8.16. The zero-order chi connectivity index (χ0) is 24.9. The van der Waals surface area contributed by atoms with E-state index in [-0.39, 0.29) is 24.1 Å². The molecule has 0 radical (unpaired) electrons. The Hall–Kier alpha value is -2.80. The van der Waals surface area contributed by atoms with Gasteiger partial charge in [0.15, 0.2) is 0 Å². The molecule has 0 saturated carbocycles. The largest absolute Gasteiger partial charge is 0.481 e. The summed E-state index contributed by atoms with van der Waals surface area (Å²) >= 11 is 0. The molecule has 1 aromatic heterocycles. The lowest BCUT2D eigenvalue weighted by atomic mass is 9.98. The van der Waals surface area contributed by atoms with Crippen LogP contribution in [0.3, 0.4) is 0 Å². The molecular weight excluding hydrogens is 458 g/mol. The van der Waals surface area contributed by atoms with Gasteiger partial charge in [0.1, 0.15) is 5.82 Å². The molecular formula is C25H30FN2O5P. The molecule has 2 N–H and O–H groups in total. The molecule has 0 bridgehead atoms. The van der Waals surface area contributed by atoms with Crippen molar-refractivity contribution in [2.24, 2.45) is 0 Å². The van der Waals surface area contributed by atoms with Gasteiger partial charge in [-0.2, -0.15) is 5.10 Å². The fraction of sp³-hybridized carbons (Fsp3) is 0.360. The molecule has 2 atom stereocenters. The zero-order valence-corrected chi connectivity index (χ0v) is 20.4. The summed E-state index contributed by atoms with van der Waals surface area (Å²) in [5.41, 5.74) is 4.04. The number of benzene rings is 2. The highest BCUT2D eigenvalue weighted by Crippen LogP contribution is 2.48. The second kappa shape index (κ2) is 11.1. The number of aliphatic carboxylic acids is 1.